The first-order valence-electron chi connectivity index (χ1n) is 6.10. The van der Waals surface area contributed by atoms with Crippen molar-refractivity contribution in [2.45, 2.75) is 0 Å². The van der Waals surface area contributed by atoms with E-state index in [2.05, 4.69) is 15.0 Å². The van der Waals surface area contributed by atoms with Crippen molar-refractivity contribution in [3.05, 3.63) is 69.1 Å². The average Bonchev–Trinajstić information content (AvgIpc) is 2.46. The van der Waals surface area contributed by atoms with Crippen LogP contribution >= 0.6 is 23.2 Å². The van der Waals surface area contributed by atoms with Crippen molar-refractivity contribution in [3.8, 4) is 22.8 Å². The maximum absolute atomic E-state index is 11.4. The van der Waals surface area contributed by atoms with Gasteiger partial charge in [0.15, 0.2) is 5.43 Å². The normalized spacial score (nSPS) is 10.6. The molecule has 0 saturated heterocycles. The molecule has 0 spiro atoms. The summed E-state index contributed by atoms with van der Waals surface area (Å²) in [6.45, 7) is 0. The number of hydrogen-bond donors (Lipinski definition) is 1. The molecule has 0 saturated carbocycles. The summed E-state index contributed by atoms with van der Waals surface area (Å²) in [5, 5.41) is 1.07. The number of hydrogen-bond acceptors (Lipinski definition) is 3. The van der Waals surface area contributed by atoms with E-state index in [9.17, 15) is 4.79 Å². The molecule has 0 unspecified atom stereocenters. The van der Waals surface area contributed by atoms with Crippen LogP contribution in [-0.2, 0) is 0 Å². The van der Waals surface area contributed by atoms with E-state index < -0.39 is 0 Å². The zero-order valence-corrected chi connectivity index (χ0v) is 12.2. The molecule has 0 aliphatic heterocycles. The molecule has 0 bridgehead atoms. The molecule has 3 rings (SSSR count). The molecule has 1 N–H and O–H groups in total. The third kappa shape index (κ3) is 3.12. The summed E-state index contributed by atoms with van der Waals surface area (Å²) in [5.74, 6) is 0. The van der Waals surface area contributed by atoms with E-state index in [1.165, 1.54) is 12.1 Å². The lowest BCUT2D eigenvalue weighted by atomic mass is 10.2. The molecule has 3 aromatic rings. The molecule has 0 amide bonds. The molecular weight excluding hydrogens is 309 g/mol. The van der Waals surface area contributed by atoms with Gasteiger partial charge >= 0.3 is 0 Å². The Morgan fingerprint density at radius 1 is 0.905 bits per heavy atom. The van der Waals surface area contributed by atoms with Crippen LogP contribution in [0.5, 0.6) is 0 Å². The van der Waals surface area contributed by atoms with Crippen LogP contribution in [0.15, 0.2) is 53.6 Å². The summed E-state index contributed by atoms with van der Waals surface area (Å²) >= 11 is 12.1. The number of nitrogens with one attached hydrogen (secondary N) is 1. The van der Waals surface area contributed by atoms with Crippen LogP contribution in [0.2, 0.25) is 10.0 Å². The van der Waals surface area contributed by atoms with E-state index in [-0.39, 0.29) is 5.43 Å². The zero-order valence-electron chi connectivity index (χ0n) is 10.7. The summed E-state index contributed by atoms with van der Waals surface area (Å²) in [5.41, 5.74) is 2.26. The molecule has 0 aliphatic carbocycles. The van der Waals surface area contributed by atoms with E-state index in [1.807, 2.05) is 0 Å². The van der Waals surface area contributed by atoms with Gasteiger partial charge < -0.3 is 4.98 Å². The molecule has 21 heavy (non-hydrogen) atoms. The fraction of sp³-hybridized carbons (Fsp3) is 0. The monoisotopic (exact) mass is 317 g/mol. The van der Waals surface area contributed by atoms with E-state index in [1.54, 1.807) is 36.7 Å². The molecule has 0 aromatic carbocycles. The van der Waals surface area contributed by atoms with Gasteiger partial charge in [-0.15, -0.1) is 0 Å². The van der Waals surface area contributed by atoms with Crippen molar-refractivity contribution < 1.29 is 0 Å². The van der Waals surface area contributed by atoms with E-state index >= 15 is 0 Å². The van der Waals surface area contributed by atoms with E-state index in [4.69, 9.17) is 23.2 Å². The fourth-order valence-corrected chi connectivity index (χ4v) is 2.27. The number of halogens is 2. The molecular formula is C15H9Cl2N3O. The smallest absolute Gasteiger partial charge is 0.182 e. The van der Waals surface area contributed by atoms with Gasteiger partial charge in [0.1, 0.15) is 0 Å². The molecule has 0 radical (unpaired) electrons. The molecule has 6 heteroatoms. The second kappa shape index (κ2) is 5.68. The lowest BCUT2D eigenvalue weighted by Gasteiger charge is -2.06. The third-order valence-corrected chi connectivity index (χ3v) is 3.28. The first kappa shape index (κ1) is 13.8. The molecule has 3 aromatic heterocycles. The highest BCUT2D eigenvalue weighted by molar-refractivity contribution is 6.31. The summed E-state index contributed by atoms with van der Waals surface area (Å²) < 4.78 is 0. The number of nitrogens with zero attached hydrogens (tertiary/aromatic N) is 2. The van der Waals surface area contributed by atoms with Crippen LogP contribution in [0.25, 0.3) is 22.8 Å². The number of aromatic amines is 1. The summed E-state index contributed by atoms with van der Waals surface area (Å²) in [6, 6.07) is 9.68. The Balaban J connectivity index is 2.15. The highest BCUT2D eigenvalue weighted by atomic mass is 35.5. The Morgan fingerprint density at radius 3 is 2.43 bits per heavy atom. The molecule has 104 valence electrons. The van der Waals surface area contributed by atoms with Gasteiger partial charge in [0.25, 0.3) is 0 Å². The lowest BCUT2D eigenvalue weighted by molar-refractivity contribution is 1.21. The van der Waals surface area contributed by atoms with Crippen molar-refractivity contribution in [1.29, 1.82) is 0 Å². The van der Waals surface area contributed by atoms with Gasteiger partial charge in [0.05, 0.1) is 22.8 Å². The Labute approximate surface area is 130 Å². The van der Waals surface area contributed by atoms with Crippen molar-refractivity contribution in [1.82, 2.24) is 15.0 Å². The predicted molar refractivity (Wildman–Crippen MR) is 83.5 cm³/mol. The van der Waals surface area contributed by atoms with Gasteiger partial charge in [-0.1, -0.05) is 23.2 Å². The summed E-state index contributed by atoms with van der Waals surface area (Å²) in [7, 11) is 0. The Morgan fingerprint density at radius 2 is 1.67 bits per heavy atom. The standard InChI is InChI=1S/C15H9Cl2N3O/c16-9-1-3-18-12(5-9)14-6-10(17)7-15(20-14)13-8-11(21)2-4-19-13/h1-8H,(H,19,21). The maximum atomic E-state index is 11.4. The number of rotatable bonds is 2. The van der Waals surface area contributed by atoms with Crippen LogP contribution in [0, 0.1) is 0 Å². The van der Waals surface area contributed by atoms with Gasteiger partial charge in [0.2, 0.25) is 0 Å². The maximum Gasteiger partial charge on any atom is 0.182 e. The van der Waals surface area contributed by atoms with Crippen LogP contribution in [0.3, 0.4) is 0 Å². The first-order valence-corrected chi connectivity index (χ1v) is 6.86. The number of aromatic nitrogens is 3. The fourth-order valence-electron chi connectivity index (χ4n) is 1.90. The summed E-state index contributed by atoms with van der Waals surface area (Å²) in [4.78, 5) is 23.1. The topological polar surface area (TPSA) is 58.6 Å². The van der Waals surface area contributed by atoms with Crippen LogP contribution in [0.4, 0.5) is 0 Å². The quantitative estimate of drug-likeness (QED) is 0.782. The zero-order chi connectivity index (χ0) is 14.8. The van der Waals surface area contributed by atoms with Crippen molar-refractivity contribution in [2.75, 3.05) is 0 Å². The Hall–Kier alpha value is -2.17. The van der Waals surface area contributed by atoms with Crippen LogP contribution < -0.4 is 5.43 Å². The minimum absolute atomic E-state index is 0.104. The largest absolute Gasteiger partial charge is 0.360 e. The van der Waals surface area contributed by atoms with Crippen molar-refractivity contribution in [2.24, 2.45) is 0 Å². The molecule has 0 atom stereocenters. The van der Waals surface area contributed by atoms with Crippen LogP contribution in [-0.4, -0.2) is 15.0 Å². The second-order valence-corrected chi connectivity index (χ2v) is 5.23. The molecule has 0 fully saturated rings. The average molecular weight is 318 g/mol. The SMILES string of the molecule is O=c1cc[nH]c(-c2cc(Cl)cc(-c3cc(Cl)ccn3)n2)c1. The Kier molecular flexibility index (Phi) is 3.73. The second-order valence-electron chi connectivity index (χ2n) is 4.35. The predicted octanol–water partition coefficient (Wildman–Crippen LogP) is 3.81. The first-order chi connectivity index (χ1) is 10.1. The molecule has 4 nitrogen and oxygen atoms in total. The Bertz CT molecular complexity index is 861. The highest BCUT2D eigenvalue weighted by Gasteiger charge is 2.08. The van der Waals surface area contributed by atoms with Gasteiger partial charge in [0, 0.05) is 34.6 Å². The number of H-pyrrole nitrogens is 1. The highest BCUT2D eigenvalue weighted by Crippen LogP contribution is 2.25. The van der Waals surface area contributed by atoms with Crippen molar-refractivity contribution >= 4 is 23.2 Å². The molecule has 0 aliphatic rings. The van der Waals surface area contributed by atoms with E-state index in [0.29, 0.717) is 32.8 Å². The third-order valence-electron chi connectivity index (χ3n) is 2.82. The summed E-state index contributed by atoms with van der Waals surface area (Å²) in [6.07, 6.45) is 3.17. The van der Waals surface area contributed by atoms with E-state index in [0.717, 1.165) is 0 Å². The van der Waals surface area contributed by atoms with Crippen molar-refractivity contribution in [3.63, 3.8) is 0 Å². The minimum Gasteiger partial charge on any atom is -0.360 e. The van der Waals surface area contributed by atoms with Gasteiger partial charge in [-0.3, -0.25) is 9.78 Å². The molecule has 3 heterocycles. The van der Waals surface area contributed by atoms with Gasteiger partial charge in [-0.2, -0.15) is 0 Å². The van der Waals surface area contributed by atoms with Crippen LogP contribution in [0.1, 0.15) is 0 Å². The number of pyridine rings is 3. The van der Waals surface area contributed by atoms with Gasteiger partial charge in [-0.25, -0.2) is 4.98 Å². The minimum atomic E-state index is -0.104. The van der Waals surface area contributed by atoms with Gasteiger partial charge in [-0.05, 0) is 24.3 Å². The lowest BCUT2D eigenvalue weighted by Crippen LogP contribution is -1.99.